The Kier molecular flexibility index (Phi) is 9.66. The fourth-order valence-corrected chi connectivity index (χ4v) is 4.13. The molecule has 1 heterocycles. The van der Waals surface area contributed by atoms with E-state index in [1.165, 1.54) is 7.05 Å². The van der Waals surface area contributed by atoms with Gasteiger partial charge in [-0.15, -0.1) is 12.4 Å². The van der Waals surface area contributed by atoms with Crippen molar-refractivity contribution in [3.8, 4) is 0 Å². The maximum atomic E-state index is 13.5. The van der Waals surface area contributed by atoms with Crippen molar-refractivity contribution in [2.45, 2.75) is 36.9 Å². The second kappa shape index (κ2) is 11.7. The number of alkyl halides is 6. The number of rotatable bonds is 6. The molecule has 1 fully saturated rings. The van der Waals surface area contributed by atoms with Crippen LogP contribution in [-0.4, -0.2) is 44.7 Å². The summed E-state index contributed by atoms with van der Waals surface area (Å²) in [5.41, 5.74) is -3.39. The van der Waals surface area contributed by atoms with Crippen LogP contribution in [0.15, 0.2) is 48.5 Å². The molecular weight excluding hydrogens is 512 g/mol. The van der Waals surface area contributed by atoms with Crippen LogP contribution < -0.4 is 10.6 Å². The van der Waals surface area contributed by atoms with E-state index in [-0.39, 0.29) is 30.6 Å². The number of piperidine rings is 1. The van der Waals surface area contributed by atoms with Crippen LogP contribution in [0, 0.1) is 0 Å². The largest absolute Gasteiger partial charge is 0.416 e. The highest BCUT2D eigenvalue weighted by Crippen LogP contribution is 2.43. The molecule has 2 amide bonds. The third-order valence-electron chi connectivity index (χ3n) is 6.12. The van der Waals surface area contributed by atoms with E-state index in [4.69, 9.17) is 4.74 Å². The second-order valence-corrected chi connectivity index (χ2v) is 8.57. The Morgan fingerprint density at radius 3 is 2.00 bits per heavy atom. The Hall–Kier alpha value is -2.50. The summed E-state index contributed by atoms with van der Waals surface area (Å²) in [5, 5.41) is 4.79. The summed E-state index contributed by atoms with van der Waals surface area (Å²) in [6, 6.07) is 9.78. The van der Waals surface area contributed by atoms with E-state index in [0.717, 1.165) is 5.56 Å². The highest BCUT2D eigenvalue weighted by molar-refractivity contribution is 5.85. The van der Waals surface area contributed by atoms with Gasteiger partial charge in [-0.1, -0.05) is 30.3 Å². The molecule has 0 bridgehead atoms. The molecule has 0 aromatic heterocycles. The maximum absolute atomic E-state index is 13.5. The molecule has 2 aromatic rings. The lowest BCUT2D eigenvalue weighted by Gasteiger charge is -2.43. The summed E-state index contributed by atoms with van der Waals surface area (Å²) in [6.07, 6.45) is -10.3. The van der Waals surface area contributed by atoms with Crippen molar-refractivity contribution in [2.24, 2.45) is 0 Å². The van der Waals surface area contributed by atoms with Crippen LogP contribution in [0.4, 0.5) is 31.1 Å². The lowest BCUT2D eigenvalue weighted by Crippen LogP contribution is -2.45. The van der Waals surface area contributed by atoms with Crippen LogP contribution in [0.5, 0.6) is 0 Å². The zero-order valence-electron chi connectivity index (χ0n) is 19.7. The maximum Gasteiger partial charge on any atom is 0.416 e. The van der Waals surface area contributed by atoms with Gasteiger partial charge in [0.25, 0.3) is 0 Å². The minimum Gasteiger partial charge on any atom is -0.360 e. The van der Waals surface area contributed by atoms with Crippen molar-refractivity contribution in [3.63, 3.8) is 0 Å². The van der Waals surface area contributed by atoms with E-state index in [9.17, 15) is 31.1 Å². The SMILES string of the molecule is CNC(=O)NCC(OC1(c2ccccc2)CCN(C)CC1)c1cc(C(F)(F)F)cc(C(F)(F)F)c1.Cl. The molecule has 5 nitrogen and oxygen atoms in total. The van der Waals surface area contributed by atoms with Crippen molar-refractivity contribution >= 4 is 18.4 Å². The summed E-state index contributed by atoms with van der Waals surface area (Å²) < 4.78 is 87.5. The van der Waals surface area contributed by atoms with E-state index in [1.54, 1.807) is 18.2 Å². The van der Waals surface area contributed by atoms with E-state index >= 15 is 0 Å². The number of hydrogen-bond acceptors (Lipinski definition) is 3. The predicted molar refractivity (Wildman–Crippen MR) is 125 cm³/mol. The first-order valence-corrected chi connectivity index (χ1v) is 11.0. The number of nitrogens with one attached hydrogen (secondary N) is 2. The van der Waals surface area contributed by atoms with E-state index in [0.29, 0.717) is 38.1 Å². The number of carbonyl (C=O) groups is 1. The van der Waals surface area contributed by atoms with Gasteiger partial charge >= 0.3 is 18.4 Å². The third-order valence-corrected chi connectivity index (χ3v) is 6.12. The van der Waals surface area contributed by atoms with Gasteiger partial charge < -0.3 is 20.3 Å². The van der Waals surface area contributed by atoms with Gasteiger partial charge in [-0.3, -0.25) is 0 Å². The standard InChI is InChI=1S/C24H27F6N3O2.ClH/c1-31-21(34)32-15-20(16-12-18(23(25,26)27)14-19(13-16)24(28,29)30)35-22(8-10-33(2)11-9-22)17-6-4-3-5-7-17;/h3-7,12-14,20H,8-11,15H2,1-2H3,(H2,31,32,34);1H. The first kappa shape index (κ1) is 29.7. The number of benzene rings is 2. The highest BCUT2D eigenvalue weighted by Gasteiger charge is 2.41. The summed E-state index contributed by atoms with van der Waals surface area (Å²) >= 11 is 0. The highest BCUT2D eigenvalue weighted by atomic mass is 35.5. The molecule has 1 saturated heterocycles. The lowest BCUT2D eigenvalue weighted by molar-refractivity contribution is -0.144. The molecule has 0 radical (unpaired) electrons. The molecule has 2 N–H and O–H groups in total. The molecule has 1 unspecified atom stereocenters. The molecule has 2 aromatic carbocycles. The molecule has 0 saturated carbocycles. The van der Waals surface area contributed by atoms with Gasteiger partial charge in [-0.25, -0.2) is 4.79 Å². The zero-order valence-corrected chi connectivity index (χ0v) is 20.5. The van der Waals surface area contributed by atoms with E-state index < -0.39 is 41.2 Å². The van der Waals surface area contributed by atoms with Gasteiger partial charge in [-0.2, -0.15) is 26.3 Å². The quantitative estimate of drug-likeness (QED) is 0.459. The molecule has 1 aliphatic heterocycles. The summed E-state index contributed by atoms with van der Waals surface area (Å²) in [6.45, 7) is 0.893. The number of carbonyl (C=O) groups excluding carboxylic acids is 1. The smallest absolute Gasteiger partial charge is 0.360 e. The Balaban J connectivity index is 0.00000456. The summed E-state index contributed by atoms with van der Waals surface area (Å²) in [4.78, 5) is 13.9. The molecular formula is C24H28ClF6N3O2. The van der Waals surface area contributed by atoms with Gasteiger partial charge in [-0.05, 0) is 49.2 Å². The Labute approximate surface area is 211 Å². The number of likely N-dealkylation sites (tertiary alicyclic amines) is 1. The number of amides is 2. The van der Waals surface area contributed by atoms with Crippen LogP contribution in [0.1, 0.15) is 41.2 Å². The number of urea groups is 1. The van der Waals surface area contributed by atoms with Crippen LogP contribution in [0.25, 0.3) is 0 Å². The number of hydrogen-bond donors (Lipinski definition) is 2. The normalized spacial score (nSPS) is 17.1. The zero-order chi connectivity index (χ0) is 25.9. The van der Waals surface area contributed by atoms with Crippen molar-refractivity contribution in [1.82, 2.24) is 15.5 Å². The average molecular weight is 540 g/mol. The van der Waals surface area contributed by atoms with Gasteiger partial charge in [0.1, 0.15) is 6.10 Å². The van der Waals surface area contributed by atoms with Crippen molar-refractivity contribution < 1.29 is 35.9 Å². The fraction of sp³-hybridized carbons (Fsp3) is 0.458. The molecule has 0 spiro atoms. The molecule has 1 aliphatic rings. The topological polar surface area (TPSA) is 53.6 Å². The number of nitrogens with zero attached hydrogens (tertiary/aromatic N) is 1. The molecule has 1 atom stereocenters. The van der Waals surface area contributed by atoms with Crippen LogP contribution in [0.2, 0.25) is 0 Å². The van der Waals surface area contributed by atoms with Crippen molar-refractivity contribution in [1.29, 1.82) is 0 Å². The average Bonchev–Trinajstić information content (AvgIpc) is 2.82. The van der Waals surface area contributed by atoms with Gasteiger partial charge in [0.05, 0.1) is 16.7 Å². The molecule has 3 rings (SSSR count). The van der Waals surface area contributed by atoms with Crippen molar-refractivity contribution in [3.05, 3.63) is 70.8 Å². The minimum absolute atomic E-state index is 0. The predicted octanol–water partition coefficient (Wildman–Crippen LogP) is 5.75. The van der Waals surface area contributed by atoms with Crippen molar-refractivity contribution in [2.75, 3.05) is 33.7 Å². The summed E-state index contributed by atoms with van der Waals surface area (Å²) in [5.74, 6) is 0. The Morgan fingerprint density at radius 2 is 1.53 bits per heavy atom. The number of ether oxygens (including phenoxy) is 1. The first-order valence-electron chi connectivity index (χ1n) is 11.0. The number of halogens is 7. The van der Waals surface area contributed by atoms with E-state index in [2.05, 4.69) is 15.5 Å². The second-order valence-electron chi connectivity index (χ2n) is 8.57. The first-order chi connectivity index (χ1) is 16.3. The Morgan fingerprint density at radius 1 is 1.00 bits per heavy atom. The third kappa shape index (κ3) is 7.27. The van der Waals surface area contributed by atoms with Gasteiger partial charge in [0.2, 0.25) is 0 Å². The Bertz CT molecular complexity index is 977. The van der Waals surface area contributed by atoms with Gasteiger partial charge in [0, 0.05) is 26.7 Å². The minimum atomic E-state index is -5.00. The molecule has 0 aliphatic carbocycles. The molecule has 12 heteroatoms. The molecule has 200 valence electrons. The monoisotopic (exact) mass is 539 g/mol. The molecule has 36 heavy (non-hydrogen) atoms. The lowest BCUT2D eigenvalue weighted by atomic mass is 9.83. The fourth-order valence-electron chi connectivity index (χ4n) is 4.13. The van der Waals surface area contributed by atoms with Crippen LogP contribution in [0.3, 0.4) is 0 Å². The summed E-state index contributed by atoms with van der Waals surface area (Å²) in [7, 11) is 3.27. The van der Waals surface area contributed by atoms with Crippen LogP contribution >= 0.6 is 12.4 Å². The van der Waals surface area contributed by atoms with Gasteiger partial charge in [0.15, 0.2) is 0 Å². The van der Waals surface area contributed by atoms with Crippen LogP contribution in [-0.2, 0) is 22.7 Å². The van der Waals surface area contributed by atoms with E-state index in [1.807, 2.05) is 19.2 Å².